The van der Waals surface area contributed by atoms with Crippen LogP contribution >= 0.6 is 0 Å². The zero-order valence-electron chi connectivity index (χ0n) is 40.0. The smallest absolute Gasteiger partial charge is 0.135 e. The molecule has 0 fully saturated rings. The Labute approximate surface area is 417 Å². The molecule has 0 amide bonds. The van der Waals surface area contributed by atoms with Gasteiger partial charge >= 0.3 is 0 Å². The molecule has 344 valence electrons. The van der Waals surface area contributed by atoms with Gasteiger partial charge in [0.25, 0.3) is 0 Å². The molecule has 0 unspecified atom stereocenters. The van der Waals surface area contributed by atoms with E-state index in [4.69, 9.17) is 18.8 Å². The molecule has 7 heteroatoms. The quantitative estimate of drug-likeness (QED) is 0.161. The predicted molar refractivity (Wildman–Crippen MR) is 278 cm³/mol. The predicted octanol–water partition coefficient (Wildman–Crippen LogP) is 16.7. The average molecular weight is 1080 g/mol. The van der Waals surface area contributed by atoms with E-state index in [0.29, 0.717) is 23.2 Å². The standard InChI is InChI=1S/C62H52N3O3.Pt/c1-35(2)41-27-42(36(3)4)29-43(28-41)65-34-51(64-60(65)40-23-26-56-48(32-40)47-30-38(21-24-55(47)68-56)37-15-10-9-11-16-37)50-33-45(39-22-25-54-46(31-39)44-17-12-13-20-53(44)67-54)58-59(63-50)57-49(18-14-19-52(57)66)61(5,6)62(58,7)8;/h9-22,24-36,66H,1-8H3;/q-1;. The van der Waals surface area contributed by atoms with Crippen LogP contribution in [-0.2, 0) is 31.9 Å². The van der Waals surface area contributed by atoms with Gasteiger partial charge in [0.15, 0.2) is 0 Å². The largest absolute Gasteiger partial charge is 0.507 e. The van der Waals surface area contributed by atoms with Gasteiger partial charge in [0.1, 0.15) is 22.5 Å². The van der Waals surface area contributed by atoms with Crippen LogP contribution in [0.5, 0.6) is 5.75 Å². The van der Waals surface area contributed by atoms with Crippen LogP contribution in [-0.4, -0.2) is 19.6 Å². The van der Waals surface area contributed by atoms with Gasteiger partial charge in [-0.2, -0.15) is 0 Å². The summed E-state index contributed by atoms with van der Waals surface area (Å²) in [5.41, 5.74) is 16.3. The molecule has 12 rings (SSSR count). The van der Waals surface area contributed by atoms with Crippen molar-refractivity contribution in [3.05, 3.63) is 180 Å². The summed E-state index contributed by atoms with van der Waals surface area (Å²) in [6.07, 6.45) is 2.13. The van der Waals surface area contributed by atoms with Crippen LogP contribution < -0.4 is 0 Å². The third-order valence-electron chi connectivity index (χ3n) is 15.1. The summed E-state index contributed by atoms with van der Waals surface area (Å²) in [5.74, 6) is 1.58. The monoisotopic (exact) mass is 1080 g/mol. The number of imidazole rings is 1. The zero-order valence-corrected chi connectivity index (χ0v) is 42.3. The number of phenolic OH excluding ortho intramolecular Hbond substituents is 1. The van der Waals surface area contributed by atoms with E-state index in [2.05, 4.69) is 181 Å². The van der Waals surface area contributed by atoms with Crippen molar-refractivity contribution in [1.29, 1.82) is 0 Å². The Bertz CT molecular complexity index is 3800. The van der Waals surface area contributed by atoms with Crippen LogP contribution in [0.1, 0.15) is 89.5 Å². The van der Waals surface area contributed by atoms with Crippen molar-refractivity contribution in [2.24, 2.45) is 0 Å². The van der Waals surface area contributed by atoms with Crippen molar-refractivity contribution in [2.75, 3.05) is 0 Å². The molecular weight excluding hydrogens is 1030 g/mol. The summed E-state index contributed by atoms with van der Waals surface area (Å²) < 4.78 is 15.0. The van der Waals surface area contributed by atoms with E-state index >= 15 is 0 Å². The van der Waals surface area contributed by atoms with Gasteiger partial charge in [-0.15, -0.1) is 23.8 Å². The second-order valence-electron chi connectivity index (χ2n) is 20.3. The number of fused-ring (bicyclic) bond motifs is 9. The molecule has 1 N–H and O–H groups in total. The van der Waals surface area contributed by atoms with Gasteiger partial charge in [-0.05, 0) is 116 Å². The van der Waals surface area contributed by atoms with Gasteiger partial charge < -0.3 is 18.5 Å². The number of para-hydroxylation sites is 1. The van der Waals surface area contributed by atoms with Crippen LogP contribution in [0.4, 0.5) is 0 Å². The molecule has 11 aromatic rings. The van der Waals surface area contributed by atoms with E-state index in [9.17, 15) is 5.11 Å². The van der Waals surface area contributed by atoms with Crippen LogP contribution in [0.15, 0.2) is 161 Å². The minimum Gasteiger partial charge on any atom is -0.507 e. The Morgan fingerprint density at radius 1 is 0.565 bits per heavy atom. The van der Waals surface area contributed by atoms with Gasteiger partial charge in [-0.25, -0.2) is 4.98 Å². The van der Waals surface area contributed by atoms with Crippen molar-refractivity contribution in [1.82, 2.24) is 14.5 Å². The SMILES string of the molecule is CC(C)c1cc(C(C)C)cc(-n2cc(-c3cc(-c4ccc5oc6ccccc6c5c4)c4c(n3)-c3c(O)cccc3C(C)(C)C4(C)C)nc2-c2[c-]cc3oc4ccc(-c5ccccc5)cc4c3c2)c1.[Pt]. The summed E-state index contributed by atoms with van der Waals surface area (Å²) in [5, 5.41) is 16.0. The maximum absolute atomic E-state index is 11.9. The fourth-order valence-electron chi connectivity index (χ4n) is 10.6. The minimum atomic E-state index is -0.412. The molecule has 0 saturated carbocycles. The van der Waals surface area contributed by atoms with Crippen molar-refractivity contribution in [2.45, 2.75) is 78.1 Å². The van der Waals surface area contributed by atoms with Crippen LogP contribution in [0.3, 0.4) is 0 Å². The first-order valence-corrected chi connectivity index (χ1v) is 23.7. The zero-order chi connectivity index (χ0) is 46.8. The Morgan fingerprint density at radius 2 is 1.20 bits per heavy atom. The maximum Gasteiger partial charge on any atom is 0.135 e. The molecule has 0 bridgehead atoms. The van der Waals surface area contributed by atoms with E-state index in [1.165, 1.54) is 11.1 Å². The fraction of sp³-hybridized carbons (Fsp3) is 0.194. The van der Waals surface area contributed by atoms with E-state index in [1.54, 1.807) is 6.07 Å². The Morgan fingerprint density at radius 3 is 1.94 bits per heavy atom. The van der Waals surface area contributed by atoms with Gasteiger partial charge in [0, 0.05) is 60.1 Å². The minimum absolute atomic E-state index is 0. The van der Waals surface area contributed by atoms with Gasteiger partial charge in [0.05, 0.1) is 28.5 Å². The Hall–Kier alpha value is -7.01. The second kappa shape index (κ2) is 16.3. The molecule has 6 nitrogen and oxygen atoms in total. The molecule has 0 radical (unpaired) electrons. The number of rotatable bonds is 7. The number of phenols is 1. The summed E-state index contributed by atoms with van der Waals surface area (Å²) >= 11 is 0. The molecule has 0 aliphatic heterocycles. The number of pyridine rings is 1. The van der Waals surface area contributed by atoms with Crippen LogP contribution in [0, 0.1) is 6.07 Å². The first-order chi connectivity index (χ1) is 32.7. The van der Waals surface area contributed by atoms with Gasteiger partial charge in [-0.3, -0.25) is 4.98 Å². The number of nitrogens with zero attached hydrogens (tertiary/aromatic N) is 3. The van der Waals surface area contributed by atoms with Crippen molar-refractivity contribution >= 4 is 43.9 Å². The average Bonchev–Trinajstić information content (AvgIpc) is 4.06. The summed E-state index contributed by atoms with van der Waals surface area (Å²) in [6, 6.07) is 54.3. The number of aromatic hydroxyl groups is 1. The molecule has 1 aliphatic carbocycles. The Balaban J connectivity index is 0.00000520. The van der Waals surface area contributed by atoms with E-state index in [1.807, 2.05) is 30.3 Å². The molecule has 7 aromatic carbocycles. The Kier molecular flexibility index (Phi) is 10.5. The number of benzene rings is 7. The molecule has 69 heavy (non-hydrogen) atoms. The van der Waals surface area contributed by atoms with Crippen LogP contribution in [0.25, 0.3) is 106 Å². The molecule has 0 saturated heterocycles. The van der Waals surface area contributed by atoms with Gasteiger partial charge in [0.2, 0.25) is 0 Å². The molecule has 0 atom stereocenters. The van der Waals surface area contributed by atoms with Gasteiger partial charge in [-0.1, -0.05) is 140 Å². The molecular formula is C62H52N3O3Pt-. The van der Waals surface area contributed by atoms with Crippen molar-refractivity contribution in [3.8, 4) is 67.7 Å². The van der Waals surface area contributed by atoms with Crippen molar-refractivity contribution < 1.29 is 35.0 Å². The normalized spacial score (nSPS) is 13.9. The molecule has 4 heterocycles. The third kappa shape index (κ3) is 7.01. The van der Waals surface area contributed by atoms with E-state index in [0.717, 1.165) is 106 Å². The van der Waals surface area contributed by atoms with Crippen molar-refractivity contribution in [3.63, 3.8) is 0 Å². The number of aromatic nitrogens is 3. The first kappa shape index (κ1) is 44.5. The molecule has 1 aliphatic rings. The molecule has 4 aromatic heterocycles. The summed E-state index contributed by atoms with van der Waals surface area (Å²) in [4.78, 5) is 11.2. The summed E-state index contributed by atoms with van der Waals surface area (Å²) in [6.45, 7) is 18.2. The topological polar surface area (TPSA) is 77.2 Å². The third-order valence-corrected chi connectivity index (χ3v) is 15.1. The van der Waals surface area contributed by atoms with E-state index < -0.39 is 5.41 Å². The first-order valence-electron chi connectivity index (χ1n) is 23.7. The molecule has 0 spiro atoms. The number of hydrogen-bond donors (Lipinski definition) is 1. The fourth-order valence-corrected chi connectivity index (χ4v) is 10.6. The second-order valence-corrected chi connectivity index (χ2v) is 20.3. The summed E-state index contributed by atoms with van der Waals surface area (Å²) in [7, 11) is 0. The number of hydrogen-bond acceptors (Lipinski definition) is 5. The van der Waals surface area contributed by atoms with Crippen LogP contribution in [0.2, 0.25) is 0 Å². The number of furan rings is 2. The maximum atomic E-state index is 11.9. The van der Waals surface area contributed by atoms with E-state index in [-0.39, 0.29) is 32.2 Å².